The van der Waals surface area contributed by atoms with E-state index in [0.717, 1.165) is 6.42 Å². The van der Waals surface area contributed by atoms with Crippen molar-refractivity contribution >= 4 is 27.6 Å². The topological polar surface area (TPSA) is 121 Å². The predicted molar refractivity (Wildman–Crippen MR) is 102 cm³/mol. The molecule has 0 fully saturated rings. The van der Waals surface area contributed by atoms with Crippen molar-refractivity contribution in [2.45, 2.75) is 51.0 Å². The largest absolute Gasteiger partial charge is 0.356 e. The van der Waals surface area contributed by atoms with Gasteiger partial charge in [0.15, 0.2) is 5.78 Å². The molecule has 0 aliphatic rings. The van der Waals surface area contributed by atoms with Crippen LogP contribution in [0.5, 0.6) is 0 Å². The SMILES string of the molecule is CCC(C)NC(=O)CCNC(=O)CCNS(=O)(=O)c1ccc(C(C)=O)cc1. The average molecular weight is 397 g/mol. The van der Waals surface area contributed by atoms with Gasteiger partial charge in [0.05, 0.1) is 4.90 Å². The number of carbonyl (C=O) groups excluding carboxylic acids is 3. The Morgan fingerprint density at radius 3 is 2.15 bits per heavy atom. The van der Waals surface area contributed by atoms with Crippen LogP contribution in [0.2, 0.25) is 0 Å². The first-order chi connectivity index (χ1) is 12.7. The van der Waals surface area contributed by atoms with E-state index in [9.17, 15) is 22.8 Å². The highest BCUT2D eigenvalue weighted by Gasteiger charge is 2.14. The van der Waals surface area contributed by atoms with Crippen molar-refractivity contribution in [2.24, 2.45) is 0 Å². The van der Waals surface area contributed by atoms with Crippen LogP contribution in [-0.4, -0.2) is 45.1 Å². The van der Waals surface area contributed by atoms with Crippen LogP contribution in [0.3, 0.4) is 0 Å². The van der Waals surface area contributed by atoms with E-state index in [0.29, 0.717) is 5.56 Å². The van der Waals surface area contributed by atoms with Gasteiger partial charge in [0.2, 0.25) is 21.8 Å². The third-order valence-electron chi connectivity index (χ3n) is 3.91. The fourth-order valence-electron chi connectivity index (χ4n) is 2.10. The number of nitrogens with one attached hydrogen (secondary N) is 3. The molecule has 0 aliphatic carbocycles. The summed E-state index contributed by atoms with van der Waals surface area (Å²) in [5.74, 6) is -0.637. The summed E-state index contributed by atoms with van der Waals surface area (Å²) in [5, 5.41) is 5.37. The molecule has 1 aromatic rings. The lowest BCUT2D eigenvalue weighted by molar-refractivity contribution is -0.122. The zero-order chi connectivity index (χ0) is 20.4. The molecule has 0 saturated carbocycles. The number of hydrogen-bond donors (Lipinski definition) is 3. The zero-order valence-electron chi connectivity index (χ0n) is 15.9. The van der Waals surface area contributed by atoms with Gasteiger partial charge in [-0.2, -0.15) is 0 Å². The molecule has 3 N–H and O–H groups in total. The number of benzene rings is 1. The molecule has 1 rings (SSSR count). The maximum atomic E-state index is 12.1. The second kappa shape index (κ2) is 10.8. The minimum atomic E-state index is -3.75. The first-order valence-electron chi connectivity index (χ1n) is 8.82. The fourth-order valence-corrected chi connectivity index (χ4v) is 3.14. The van der Waals surface area contributed by atoms with E-state index in [-0.39, 0.29) is 54.5 Å². The Labute approximate surface area is 160 Å². The fraction of sp³-hybridized carbons (Fsp3) is 0.500. The standard InChI is InChI=1S/C18H27N3O5S/c1-4-13(2)21-18(24)9-11-19-17(23)10-12-20-27(25,26)16-7-5-15(6-8-16)14(3)22/h5-8,13,20H,4,9-12H2,1-3H3,(H,19,23)(H,21,24). The zero-order valence-corrected chi connectivity index (χ0v) is 16.7. The van der Waals surface area contributed by atoms with Gasteiger partial charge < -0.3 is 10.6 Å². The smallest absolute Gasteiger partial charge is 0.240 e. The molecule has 1 unspecified atom stereocenters. The number of rotatable bonds is 11. The Hall–Kier alpha value is -2.26. The van der Waals surface area contributed by atoms with Crippen LogP contribution in [-0.2, 0) is 19.6 Å². The summed E-state index contributed by atoms with van der Waals surface area (Å²) in [6.45, 7) is 5.39. The molecule has 2 amide bonds. The highest BCUT2D eigenvalue weighted by atomic mass is 32.2. The van der Waals surface area contributed by atoms with Gasteiger partial charge in [-0.1, -0.05) is 19.1 Å². The lowest BCUT2D eigenvalue weighted by Gasteiger charge is -2.11. The Morgan fingerprint density at radius 2 is 1.59 bits per heavy atom. The van der Waals surface area contributed by atoms with Gasteiger partial charge in [-0.3, -0.25) is 14.4 Å². The van der Waals surface area contributed by atoms with Crippen molar-refractivity contribution in [2.75, 3.05) is 13.1 Å². The minimum absolute atomic E-state index is 0.0228. The van der Waals surface area contributed by atoms with Gasteiger partial charge in [-0.25, -0.2) is 13.1 Å². The molecule has 0 heterocycles. The summed E-state index contributed by atoms with van der Waals surface area (Å²) in [7, 11) is -3.75. The molecule has 0 saturated heterocycles. The van der Waals surface area contributed by atoms with Gasteiger partial charge in [-0.15, -0.1) is 0 Å². The van der Waals surface area contributed by atoms with Crippen LogP contribution in [0.1, 0.15) is 50.4 Å². The van der Waals surface area contributed by atoms with Crippen molar-refractivity contribution in [3.8, 4) is 0 Å². The van der Waals surface area contributed by atoms with Crippen LogP contribution in [0.4, 0.5) is 0 Å². The lowest BCUT2D eigenvalue weighted by Crippen LogP contribution is -2.36. The van der Waals surface area contributed by atoms with Crippen LogP contribution >= 0.6 is 0 Å². The number of amides is 2. The van der Waals surface area contributed by atoms with Crippen molar-refractivity contribution in [1.82, 2.24) is 15.4 Å². The van der Waals surface area contributed by atoms with E-state index >= 15 is 0 Å². The first-order valence-corrected chi connectivity index (χ1v) is 10.3. The molecule has 0 aromatic heterocycles. The Bertz CT molecular complexity index is 760. The van der Waals surface area contributed by atoms with E-state index in [4.69, 9.17) is 0 Å². The van der Waals surface area contributed by atoms with E-state index in [2.05, 4.69) is 15.4 Å². The highest BCUT2D eigenvalue weighted by molar-refractivity contribution is 7.89. The van der Waals surface area contributed by atoms with Gasteiger partial charge in [0.1, 0.15) is 0 Å². The maximum absolute atomic E-state index is 12.1. The Morgan fingerprint density at radius 1 is 1.00 bits per heavy atom. The molecule has 150 valence electrons. The summed E-state index contributed by atoms with van der Waals surface area (Å²) in [5.41, 5.74) is 0.422. The molecule has 8 nitrogen and oxygen atoms in total. The first kappa shape index (κ1) is 22.8. The lowest BCUT2D eigenvalue weighted by atomic mass is 10.2. The molecule has 27 heavy (non-hydrogen) atoms. The second-order valence-corrected chi connectivity index (χ2v) is 7.97. The van der Waals surface area contributed by atoms with Crippen molar-refractivity contribution in [3.05, 3.63) is 29.8 Å². The van der Waals surface area contributed by atoms with E-state index < -0.39 is 10.0 Å². The number of ketones is 1. The second-order valence-electron chi connectivity index (χ2n) is 6.21. The normalized spacial score (nSPS) is 12.3. The summed E-state index contributed by atoms with van der Waals surface area (Å²) < 4.78 is 26.6. The van der Waals surface area contributed by atoms with Gasteiger partial charge in [0, 0.05) is 37.5 Å². The van der Waals surface area contributed by atoms with Crippen molar-refractivity contribution in [3.63, 3.8) is 0 Å². The predicted octanol–water partition coefficient (Wildman–Crippen LogP) is 0.979. The van der Waals surface area contributed by atoms with Gasteiger partial charge in [0.25, 0.3) is 0 Å². The van der Waals surface area contributed by atoms with Crippen molar-refractivity contribution < 1.29 is 22.8 Å². The molecule has 9 heteroatoms. The van der Waals surface area contributed by atoms with Gasteiger partial charge >= 0.3 is 0 Å². The summed E-state index contributed by atoms with van der Waals surface area (Å²) in [6.07, 6.45) is 0.956. The molecule has 0 bridgehead atoms. The average Bonchev–Trinajstić information content (AvgIpc) is 2.61. The number of sulfonamides is 1. The third-order valence-corrected chi connectivity index (χ3v) is 5.39. The van der Waals surface area contributed by atoms with E-state index in [1.165, 1.54) is 31.2 Å². The molecule has 0 radical (unpaired) electrons. The minimum Gasteiger partial charge on any atom is -0.356 e. The maximum Gasteiger partial charge on any atom is 0.240 e. The molecule has 1 atom stereocenters. The number of carbonyl (C=O) groups is 3. The Balaban J connectivity index is 2.35. The summed E-state index contributed by atoms with van der Waals surface area (Å²) in [6, 6.07) is 5.65. The highest BCUT2D eigenvalue weighted by Crippen LogP contribution is 2.10. The van der Waals surface area contributed by atoms with E-state index in [1.807, 2.05) is 13.8 Å². The third kappa shape index (κ3) is 8.31. The number of Topliss-reactive ketones (excluding diaryl/α,β-unsaturated/α-hetero) is 1. The van der Waals surface area contributed by atoms with Crippen LogP contribution in [0.25, 0.3) is 0 Å². The molecular weight excluding hydrogens is 370 g/mol. The number of hydrogen-bond acceptors (Lipinski definition) is 5. The van der Waals surface area contributed by atoms with Crippen LogP contribution < -0.4 is 15.4 Å². The monoisotopic (exact) mass is 397 g/mol. The van der Waals surface area contributed by atoms with Crippen LogP contribution in [0.15, 0.2) is 29.2 Å². The molecular formula is C18H27N3O5S. The molecule has 1 aromatic carbocycles. The molecule has 0 aliphatic heterocycles. The van der Waals surface area contributed by atoms with Gasteiger partial charge in [-0.05, 0) is 32.4 Å². The Kier molecular flexibility index (Phi) is 9.10. The summed E-state index contributed by atoms with van der Waals surface area (Å²) in [4.78, 5) is 34.6. The van der Waals surface area contributed by atoms with Crippen molar-refractivity contribution in [1.29, 1.82) is 0 Å². The van der Waals surface area contributed by atoms with E-state index in [1.54, 1.807) is 0 Å². The molecule has 0 spiro atoms. The quantitative estimate of drug-likeness (QED) is 0.481. The van der Waals surface area contributed by atoms with Crippen LogP contribution in [0, 0.1) is 0 Å². The summed E-state index contributed by atoms with van der Waals surface area (Å²) >= 11 is 0.